The Labute approximate surface area is 133 Å². The van der Waals surface area contributed by atoms with Crippen molar-refractivity contribution < 1.29 is 9.21 Å². The molecule has 0 radical (unpaired) electrons. The van der Waals surface area contributed by atoms with Crippen LogP contribution in [0.15, 0.2) is 70.4 Å². The summed E-state index contributed by atoms with van der Waals surface area (Å²) >= 11 is 0. The summed E-state index contributed by atoms with van der Waals surface area (Å²) in [5.74, 6) is 1.02. The van der Waals surface area contributed by atoms with Gasteiger partial charge in [0, 0.05) is 23.5 Å². The molecule has 23 heavy (non-hydrogen) atoms. The number of pyridine rings is 1. The summed E-state index contributed by atoms with van der Waals surface area (Å²) < 4.78 is 5.69. The van der Waals surface area contributed by atoms with Gasteiger partial charge in [-0.3, -0.25) is 9.78 Å². The first-order chi connectivity index (χ1) is 11.2. The molecule has 0 aliphatic rings. The maximum atomic E-state index is 11.8. The van der Waals surface area contributed by atoms with E-state index in [1.807, 2.05) is 37.3 Å². The molecule has 0 aliphatic carbocycles. The van der Waals surface area contributed by atoms with Gasteiger partial charge in [0.2, 0.25) is 0 Å². The second-order valence-electron chi connectivity index (χ2n) is 5.00. The second kappa shape index (κ2) is 6.70. The van der Waals surface area contributed by atoms with Crippen molar-refractivity contribution in [3.8, 4) is 11.3 Å². The van der Waals surface area contributed by atoms with Gasteiger partial charge in [-0.1, -0.05) is 29.8 Å². The summed E-state index contributed by atoms with van der Waals surface area (Å²) in [7, 11) is 0. The van der Waals surface area contributed by atoms with Crippen molar-refractivity contribution in [2.75, 3.05) is 0 Å². The number of carbonyl (C=O) groups excluding carboxylic acids is 1. The summed E-state index contributed by atoms with van der Waals surface area (Å²) in [4.78, 5) is 15.7. The number of amides is 1. The van der Waals surface area contributed by atoms with E-state index >= 15 is 0 Å². The van der Waals surface area contributed by atoms with Crippen molar-refractivity contribution in [3.63, 3.8) is 0 Å². The number of rotatable bonds is 4. The zero-order valence-electron chi connectivity index (χ0n) is 12.6. The highest BCUT2D eigenvalue weighted by Gasteiger charge is 2.04. The van der Waals surface area contributed by atoms with E-state index in [4.69, 9.17) is 4.42 Å². The van der Waals surface area contributed by atoms with Gasteiger partial charge in [0.15, 0.2) is 0 Å². The maximum Gasteiger partial charge on any atom is 0.271 e. The third-order valence-electron chi connectivity index (χ3n) is 3.26. The van der Waals surface area contributed by atoms with E-state index in [2.05, 4.69) is 15.5 Å². The number of aryl methyl sites for hydroxylation is 1. The van der Waals surface area contributed by atoms with Crippen LogP contribution in [-0.4, -0.2) is 17.1 Å². The van der Waals surface area contributed by atoms with Gasteiger partial charge < -0.3 is 4.42 Å². The molecule has 1 aromatic carbocycles. The van der Waals surface area contributed by atoms with Crippen LogP contribution in [0.1, 0.15) is 21.7 Å². The minimum absolute atomic E-state index is 0.297. The molecule has 0 spiro atoms. The zero-order chi connectivity index (χ0) is 16.1. The van der Waals surface area contributed by atoms with Crippen LogP contribution in [-0.2, 0) is 0 Å². The minimum Gasteiger partial charge on any atom is -0.455 e. The van der Waals surface area contributed by atoms with Crippen molar-refractivity contribution in [1.82, 2.24) is 10.4 Å². The Morgan fingerprint density at radius 2 is 1.83 bits per heavy atom. The highest BCUT2D eigenvalue weighted by Crippen LogP contribution is 2.21. The van der Waals surface area contributed by atoms with Crippen LogP contribution in [0.5, 0.6) is 0 Å². The fourth-order valence-electron chi connectivity index (χ4n) is 2.02. The molecule has 1 N–H and O–H groups in total. The number of nitrogens with one attached hydrogen (secondary N) is 1. The molecule has 2 aromatic heterocycles. The van der Waals surface area contributed by atoms with Gasteiger partial charge in [-0.25, -0.2) is 5.43 Å². The van der Waals surface area contributed by atoms with Gasteiger partial charge in [0.05, 0.1) is 6.21 Å². The fourth-order valence-corrected chi connectivity index (χ4v) is 2.02. The highest BCUT2D eigenvalue weighted by atomic mass is 16.3. The number of hydrogen-bond donors (Lipinski definition) is 1. The van der Waals surface area contributed by atoms with E-state index < -0.39 is 0 Å². The molecule has 5 nitrogen and oxygen atoms in total. The standard InChI is InChI=1S/C18H15N3O2/c1-13-2-4-14(5-3-13)17-7-6-16(23-17)12-20-21-18(22)15-8-10-19-11-9-15/h2-12H,1H3,(H,21,22)/b20-12-. The molecule has 0 fully saturated rings. The Morgan fingerprint density at radius 3 is 2.57 bits per heavy atom. The molecule has 2 heterocycles. The number of furan rings is 1. The van der Waals surface area contributed by atoms with Crippen LogP contribution in [0, 0.1) is 6.92 Å². The predicted octanol–water partition coefficient (Wildman–Crippen LogP) is 3.41. The summed E-state index contributed by atoms with van der Waals surface area (Å²) in [6, 6.07) is 15.0. The lowest BCUT2D eigenvalue weighted by Gasteiger charge is -1.98. The molecule has 0 saturated heterocycles. The molecule has 0 aliphatic heterocycles. The monoisotopic (exact) mass is 305 g/mol. The largest absolute Gasteiger partial charge is 0.455 e. The van der Waals surface area contributed by atoms with Crippen molar-refractivity contribution in [2.45, 2.75) is 6.92 Å². The lowest BCUT2D eigenvalue weighted by atomic mass is 10.1. The smallest absolute Gasteiger partial charge is 0.271 e. The number of benzene rings is 1. The molecule has 0 saturated carbocycles. The molecule has 0 atom stereocenters. The molecule has 0 bridgehead atoms. The summed E-state index contributed by atoms with van der Waals surface area (Å²) in [6.45, 7) is 2.04. The van der Waals surface area contributed by atoms with Gasteiger partial charge >= 0.3 is 0 Å². The van der Waals surface area contributed by atoms with Crippen molar-refractivity contribution in [2.24, 2.45) is 5.10 Å². The Morgan fingerprint density at radius 1 is 1.09 bits per heavy atom. The topological polar surface area (TPSA) is 67.5 Å². The van der Waals surface area contributed by atoms with E-state index in [9.17, 15) is 4.79 Å². The van der Waals surface area contributed by atoms with Gasteiger partial charge in [-0.2, -0.15) is 5.10 Å². The molecule has 3 aromatic rings. The van der Waals surface area contributed by atoms with Crippen LogP contribution < -0.4 is 5.43 Å². The first-order valence-electron chi connectivity index (χ1n) is 7.13. The van der Waals surface area contributed by atoms with Crippen LogP contribution >= 0.6 is 0 Å². The van der Waals surface area contributed by atoms with E-state index in [1.54, 1.807) is 30.6 Å². The van der Waals surface area contributed by atoms with E-state index in [0.717, 1.165) is 11.3 Å². The SMILES string of the molecule is Cc1ccc(-c2ccc(/C=N\NC(=O)c3ccncc3)o2)cc1. The zero-order valence-corrected chi connectivity index (χ0v) is 12.6. The first-order valence-corrected chi connectivity index (χ1v) is 7.13. The predicted molar refractivity (Wildman–Crippen MR) is 88.2 cm³/mol. The second-order valence-corrected chi connectivity index (χ2v) is 5.00. The Hall–Kier alpha value is -3.21. The van der Waals surface area contributed by atoms with Gasteiger partial charge in [-0.05, 0) is 31.2 Å². The Balaban J connectivity index is 1.65. The van der Waals surface area contributed by atoms with Crippen LogP contribution in [0.2, 0.25) is 0 Å². The summed E-state index contributed by atoms with van der Waals surface area (Å²) in [6.07, 6.45) is 4.58. The lowest BCUT2D eigenvalue weighted by Crippen LogP contribution is -2.17. The highest BCUT2D eigenvalue weighted by molar-refractivity contribution is 5.94. The molecule has 3 rings (SSSR count). The minimum atomic E-state index is -0.297. The molecule has 114 valence electrons. The number of nitrogens with zero attached hydrogens (tertiary/aromatic N) is 2. The average Bonchev–Trinajstić information content (AvgIpc) is 3.05. The number of carbonyl (C=O) groups is 1. The lowest BCUT2D eigenvalue weighted by molar-refractivity contribution is 0.0955. The van der Waals surface area contributed by atoms with Crippen LogP contribution in [0.3, 0.4) is 0 Å². The molecular formula is C18H15N3O2. The molecular weight excluding hydrogens is 290 g/mol. The van der Waals surface area contributed by atoms with Gasteiger partial charge in [0.1, 0.15) is 11.5 Å². The first kappa shape index (κ1) is 14.7. The Kier molecular flexibility index (Phi) is 4.29. The van der Waals surface area contributed by atoms with Crippen LogP contribution in [0.25, 0.3) is 11.3 Å². The quantitative estimate of drug-likeness (QED) is 0.593. The van der Waals surface area contributed by atoms with Crippen molar-refractivity contribution in [1.29, 1.82) is 0 Å². The van der Waals surface area contributed by atoms with Crippen molar-refractivity contribution >= 4 is 12.1 Å². The van der Waals surface area contributed by atoms with Crippen LogP contribution in [0.4, 0.5) is 0 Å². The molecule has 0 unspecified atom stereocenters. The Bertz CT molecular complexity index is 821. The van der Waals surface area contributed by atoms with Gasteiger partial charge in [-0.15, -0.1) is 0 Å². The third kappa shape index (κ3) is 3.71. The summed E-state index contributed by atoms with van der Waals surface area (Å²) in [5, 5.41) is 3.90. The molecule has 1 amide bonds. The maximum absolute atomic E-state index is 11.8. The number of hydrogen-bond acceptors (Lipinski definition) is 4. The summed E-state index contributed by atoms with van der Waals surface area (Å²) in [5.41, 5.74) is 5.14. The number of aromatic nitrogens is 1. The van der Waals surface area contributed by atoms with Crippen molar-refractivity contribution in [3.05, 3.63) is 77.8 Å². The average molecular weight is 305 g/mol. The van der Waals surface area contributed by atoms with E-state index in [0.29, 0.717) is 11.3 Å². The molecule has 5 heteroatoms. The normalized spacial score (nSPS) is 10.8. The van der Waals surface area contributed by atoms with E-state index in [1.165, 1.54) is 11.8 Å². The van der Waals surface area contributed by atoms with E-state index in [-0.39, 0.29) is 5.91 Å². The number of hydrazone groups is 1. The third-order valence-corrected chi connectivity index (χ3v) is 3.26. The van der Waals surface area contributed by atoms with Gasteiger partial charge in [0.25, 0.3) is 5.91 Å². The fraction of sp³-hybridized carbons (Fsp3) is 0.0556.